The zero-order chi connectivity index (χ0) is 17.7. The lowest BCUT2D eigenvalue weighted by Crippen LogP contribution is -2.19. The fraction of sp³-hybridized carbons (Fsp3) is 0.231. The van der Waals surface area contributed by atoms with Crippen LogP contribution in [0.3, 0.4) is 0 Å². The summed E-state index contributed by atoms with van der Waals surface area (Å²) in [6, 6.07) is 4.32. The van der Waals surface area contributed by atoms with Crippen LogP contribution in [0.25, 0.3) is 0 Å². The second-order valence-electron chi connectivity index (χ2n) is 4.46. The molecule has 2 rings (SSSR count). The second-order valence-corrected chi connectivity index (χ2v) is 7.70. The third kappa shape index (κ3) is 4.70. The molecule has 2 aromatic rings. The first kappa shape index (κ1) is 19.2. The van der Waals surface area contributed by atoms with E-state index < -0.39 is 10.0 Å². The Morgan fingerprint density at radius 1 is 1.33 bits per heavy atom. The molecule has 0 spiro atoms. The van der Waals surface area contributed by atoms with Crippen LogP contribution in [0.5, 0.6) is 5.88 Å². The van der Waals surface area contributed by atoms with Crippen LogP contribution in [0, 0.1) is 0 Å². The van der Waals surface area contributed by atoms with Gasteiger partial charge in [-0.1, -0.05) is 29.3 Å². The zero-order valence-electron chi connectivity index (χ0n) is 12.4. The minimum Gasteiger partial charge on any atom is -0.474 e. The van der Waals surface area contributed by atoms with Gasteiger partial charge in [0.1, 0.15) is 16.1 Å². The van der Waals surface area contributed by atoms with Crippen molar-refractivity contribution in [1.82, 2.24) is 15.3 Å². The number of hydrogen-bond acceptors (Lipinski definition) is 6. The molecule has 0 aliphatic carbocycles. The number of halogens is 3. The number of anilines is 1. The number of nitrogens with one attached hydrogen (secondary N) is 2. The third-order valence-corrected chi connectivity index (χ3v) is 5.43. The zero-order valence-corrected chi connectivity index (χ0v) is 16.3. The Bertz CT molecular complexity index is 836. The molecule has 24 heavy (non-hydrogen) atoms. The number of ether oxygens (including phenoxy) is 1. The van der Waals surface area contributed by atoms with E-state index in [1.54, 1.807) is 7.05 Å². The van der Waals surface area contributed by atoms with Gasteiger partial charge in [0.05, 0.1) is 16.2 Å². The van der Waals surface area contributed by atoms with E-state index in [9.17, 15) is 8.42 Å². The fourth-order valence-electron chi connectivity index (χ4n) is 1.65. The monoisotopic (exact) mass is 454 g/mol. The van der Waals surface area contributed by atoms with E-state index in [0.29, 0.717) is 11.1 Å². The van der Waals surface area contributed by atoms with Crippen LogP contribution >= 0.6 is 39.1 Å². The van der Waals surface area contributed by atoms with Crippen molar-refractivity contribution < 1.29 is 13.2 Å². The molecule has 7 nitrogen and oxygen atoms in total. The van der Waals surface area contributed by atoms with Gasteiger partial charge in [-0.05, 0) is 35.1 Å². The quantitative estimate of drug-likeness (QED) is 0.623. The van der Waals surface area contributed by atoms with Crippen LogP contribution in [0.4, 0.5) is 5.82 Å². The van der Waals surface area contributed by atoms with Crippen molar-refractivity contribution in [2.24, 2.45) is 0 Å². The Hall–Kier alpha value is -1.13. The van der Waals surface area contributed by atoms with Crippen LogP contribution in [0.2, 0.25) is 10.0 Å². The van der Waals surface area contributed by atoms with E-state index in [1.165, 1.54) is 24.4 Å². The minimum atomic E-state index is -4.01. The lowest BCUT2D eigenvalue weighted by Gasteiger charge is -2.13. The number of rotatable bonds is 7. The second kappa shape index (κ2) is 8.30. The highest BCUT2D eigenvalue weighted by atomic mass is 79.9. The smallest absolute Gasteiger partial charge is 0.264 e. The minimum absolute atomic E-state index is 0.0429. The van der Waals surface area contributed by atoms with Crippen molar-refractivity contribution in [3.63, 3.8) is 0 Å². The van der Waals surface area contributed by atoms with Crippen molar-refractivity contribution in [1.29, 1.82) is 0 Å². The van der Waals surface area contributed by atoms with Gasteiger partial charge in [0, 0.05) is 6.54 Å². The number of nitrogens with zero attached hydrogens (tertiary/aromatic N) is 2. The van der Waals surface area contributed by atoms with E-state index in [1.807, 2.05) is 0 Å². The van der Waals surface area contributed by atoms with Gasteiger partial charge in [0.25, 0.3) is 15.9 Å². The first-order chi connectivity index (χ1) is 11.3. The average Bonchev–Trinajstić information content (AvgIpc) is 2.52. The summed E-state index contributed by atoms with van der Waals surface area (Å²) < 4.78 is 33.2. The van der Waals surface area contributed by atoms with Crippen LogP contribution in [0.15, 0.2) is 33.9 Å². The van der Waals surface area contributed by atoms with Gasteiger partial charge in [0.15, 0.2) is 0 Å². The lowest BCUT2D eigenvalue weighted by atomic mass is 10.4. The van der Waals surface area contributed by atoms with Gasteiger partial charge < -0.3 is 10.1 Å². The highest BCUT2D eigenvalue weighted by Crippen LogP contribution is 2.31. The number of benzene rings is 1. The summed E-state index contributed by atoms with van der Waals surface area (Å²) in [6.07, 6.45) is 1.35. The highest BCUT2D eigenvalue weighted by Gasteiger charge is 2.22. The normalized spacial score (nSPS) is 11.3. The van der Waals surface area contributed by atoms with Crippen molar-refractivity contribution in [2.75, 3.05) is 24.9 Å². The standard InChI is InChI=1S/C13H13BrCl2N4O3S/c1-17-5-6-23-13-12(18-7-10(14)19-13)20-24(21,22)9-4-2-3-8(15)11(9)16/h2-4,7,17H,5-6H2,1H3,(H,18,20). The van der Waals surface area contributed by atoms with Crippen molar-refractivity contribution in [3.8, 4) is 5.88 Å². The molecule has 0 bridgehead atoms. The van der Waals surface area contributed by atoms with Crippen LogP contribution in [-0.4, -0.2) is 38.6 Å². The first-order valence-electron chi connectivity index (χ1n) is 6.62. The van der Waals surface area contributed by atoms with Gasteiger partial charge in [-0.25, -0.2) is 18.4 Å². The molecule has 11 heteroatoms. The Balaban J connectivity index is 2.34. The van der Waals surface area contributed by atoms with Crippen molar-refractivity contribution in [2.45, 2.75) is 4.90 Å². The van der Waals surface area contributed by atoms with Crippen LogP contribution in [-0.2, 0) is 10.0 Å². The molecule has 130 valence electrons. The summed E-state index contributed by atoms with van der Waals surface area (Å²) >= 11 is 15.0. The van der Waals surface area contributed by atoms with Crippen LogP contribution in [0.1, 0.15) is 0 Å². The molecule has 0 radical (unpaired) electrons. The molecule has 0 unspecified atom stereocenters. The van der Waals surface area contributed by atoms with Gasteiger partial charge >= 0.3 is 0 Å². The molecule has 0 amide bonds. The summed E-state index contributed by atoms with van der Waals surface area (Å²) in [7, 11) is -2.25. The number of hydrogen-bond donors (Lipinski definition) is 2. The predicted molar refractivity (Wildman–Crippen MR) is 96.4 cm³/mol. The Labute approximate surface area is 157 Å². The Morgan fingerprint density at radius 2 is 2.08 bits per heavy atom. The summed E-state index contributed by atoms with van der Waals surface area (Å²) in [6.45, 7) is 0.842. The Morgan fingerprint density at radius 3 is 2.79 bits per heavy atom. The largest absolute Gasteiger partial charge is 0.474 e. The van der Waals surface area contributed by atoms with Gasteiger partial charge in [-0.2, -0.15) is 0 Å². The topological polar surface area (TPSA) is 93.2 Å². The SMILES string of the molecule is CNCCOc1nc(Br)cnc1NS(=O)(=O)c1cccc(Cl)c1Cl. The van der Waals surface area contributed by atoms with Gasteiger partial charge in [-0.3, -0.25) is 4.72 Å². The highest BCUT2D eigenvalue weighted by molar-refractivity contribution is 9.10. The molecule has 0 saturated heterocycles. The van der Waals surface area contributed by atoms with E-state index in [2.05, 4.69) is 35.9 Å². The maximum Gasteiger partial charge on any atom is 0.264 e. The Kier molecular flexibility index (Phi) is 6.64. The lowest BCUT2D eigenvalue weighted by molar-refractivity contribution is 0.306. The molecule has 0 saturated carbocycles. The molecule has 1 heterocycles. The van der Waals surface area contributed by atoms with Crippen molar-refractivity contribution >= 4 is 55.0 Å². The van der Waals surface area contributed by atoms with E-state index in [0.717, 1.165) is 0 Å². The summed E-state index contributed by atoms with van der Waals surface area (Å²) in [5, 5.41) is 2.96. The molecule has 0 aliphatic rings. The van der Waals surface area contributed by atoms with Crippen LogP contribution < -0.4 is 14.8 Å². The van der Waals surface area contributed by atoms with Gasteiger partial charge in [-0.15, -0.1) is 0 Å². The summed E-state index contributed by atoms with van der Waals surface area (Å²) in [5.74, 6) is -0.00769. The summed E-state index contributed by atoms with van der Waals surface area (Å²) in [5.41, 5.74) is 0. The number of sulfonamides is 1. The number of likely N-dealkylation sites (N-methyl/N-ethyl adjacent to an activating group) is 1. The maximum atomic E-state index is 12.5. The molecular formula is C13H13BrCl2N4O3S. The van der Waals surface area contributed by atoms with E-state index in [-0.39, 0.29) is 33.2 Å². The maximum absolute atomic E-state index is 12.5. The molecule has 0 aliphatic heterocycles. The average molecular weight is 456 g/mol. The van der Waals surface area contributed by atoms with E-state index >= 15 is 0 Å². The van der Waals surface area contributed by atoms with Crippen molar-refractivity contribution in [3.05, 3.63) is 39.0 Å². The molecular weight excluding hydrogens is 443 g/mol. The molecule has 0 fully saturated rings. The number of aromatic nitrogens is 2. The molecule has 1 aromatic heterocycles. The summed E-state index contributed by atoms with van der Waals surface area (Å²) in [4.78, 5) is 7.92. The van der Waals surface area contributed by atoms with E-state index in [4.69, 9.17) is 27.9 Å². The fourth-order valence-corrected chi connectivity index (χ4v) is 3.68. The molecule has 1 aromatic carbocycles. The predicted octanol–water partition coefficient (Wildman–Crippen LogP) is 2.94. The third-order valence-electron chi connectivity index (χ3n) is 2.74. The first-order valence-corrected chi connectivity index (χ1v) is 9.65. The van der Waals surface area contributed by atoms with Gasteiger partial charge in [0.2, 0.25) is 5.82 Å². The molecule has 0 atom stereocenters. The molecule has 2 N–H and O–H groups in total.